The van der Waals surface area contributed by atoms with Gasteiger partial charge in [0.15, 0.2) is 0 Å². The van der Waals surface area contributed by atoms with Crippen molar-refractivity contribution in [1.29, 1.82) is 0 Å². The molecular weight excluding hydrogens is 312 g/mol. The molecule has 1 N–H and O–H groups in total. The van der Waals surface area contributed by atoms with Crippen LogP contribution < -0.4 is 5.32 Å². The SMILES string of the molecule is CC(C)CNC(=O)[C@@H](CC(C)C)N1C(=O)CS[C@H]1c1ccco1. The number of rotatable bonds is 7. The number of furan rings is 1. The second kappa shape index (κ2) is 7.90. The Bertz CT molecular complexity index is 528. The maximum absolute atomic E-state index is 12.7. The molecule has 2 amide bonds. The number of nitrogens with zero attached hydrogens (tertiary/aromatic N) is 1. The Labute approximate surface area is 142 Å². The number of thioether (sulfide) groups is 1. The molecule has 1 fully saturated rings. The zero-order valence-electron chi connectivity index (χ0n) is 14.2. The molecule has 1 saturated heterocycles. The van der Waals surface area contributed by atoms with E-state index < -0.39 is 6.04 Å². The highest BCUT2D eigenvalue weighted by molar-refractivity contribution is 8.00. The van der Waals surface area contributed by atoms with E-state index in [1.807, 2.05) is 12.1 Å². The summed E-state index contributed by atoms with van der Waals surface area (Å²) in [6.07, 6.45) is 2.25. The molecule has 1 aliphatic rings. The molecular formula is C17H26N2O3S. The minimum Gasteiger partial charge on any atom is -0.466 e. The monoisotopic (exact) mass is 338 g/mol. The summed E-state index contributed by atoms with van der Waals surface area (Å²) in [6.45, 7) is 8.87. The van der Waals surface area contributed by atoms with Gasteiger partial charge < -0.3 is 14.6 Å². The van der Waals surface area contributed by atoms with E-state index in [4.69, 9.17) is 4.42 Å². The van der Waals surface area contributed by atoms with Gasteiger partial charge in [0.25, 0.3) is 0 Å². The summed E-state index contributed by atoms with van der Waals surface area (Å²) in [5, 5.41) is 2.76. The van der Waals surface area contributed by atoms with Crippen LogP contribution in [-0.2, 0) is 9.59 Å². The lowest BCUT2D eigenvalue weighted by Gasteiger charge is -2.32. The van der Waals surface area contributed by atoms with Crippen molar-refractivity contribution in [1.82, 2.24) is 10.2 Å². The Hall–Kier alpha value is -1.43. The lowest BCUT2D eigenvalue weighted by molar-refractivity contribution is -0.139. The van der Waals surface area contributed by atoms with E-state index in [2.05, 4.69) is 33.0 Å². The molecule has 0 radical (unpaired) electrons. The third-order valence-electron chi connectivity index (χ3n) is 3.71. The highest BCUT2D eigenvalue weighted by atomic mass is 32.2. The van der Waals surface area contributed by atoms with Crippen LogP contribution in [0.3, 0.4) is 0 Å². The zero-order chi connectivity index (χ0) is 17.0. The van der Waals surface area contributed by atoms with Crippen LogP contribution in [0.25, 0.3) is 0 Å². The van der Waals surface area contributed by atoms with Gasteiger partial charge >= 0.3 is 0 Å². The third-order valence-corrected chi connectivity index (χ3v) is 4.90. The van der Waals surface area contributed by atoms with Gasteiger partial charge in [0, 0.05) is 6.54 Å². The lowest BCUT2D eigenvalue weighted by atomic mass is 10.0. The van der Waals surface area contributed by atoms with Crippen molar-refractivity contribution < 1.29 is 14.0 Å². The van der Waals surface area contributed by atoms with E-state index in [0.29, 0.717) is 30.6 Å². The summed E-state index contributed by atoms with van der Waals surface area (Å²) >= 11 is 1.52. The van der Waals surface area contributed by atoms with Gasteiger partial charge in [-0.3, -0.25) is 9.59 Å². The molecule has 1 aliphatic heterocycles. The Morgan fingerprint density at radius 1 is 1.39 bits per heavy atom. The van der Waals surface area contributed by atoms with Gasteiger partial charge in [0.1, 0.15) is 17.2 Å². The first-order valence-corrected chi connectivity index (χ1v) is 9.19. The van der Waals surface area contributed by atoms with E-state index in [-0.39, 0.29) is 17.2 Å². The van der Waals surface area contributed by atoms with Crippen LogP contribution in [-0.4, -0.2) is 35.1 Å². The summed E-state index contributed by atoms with van der Waals surface area (Å²) in [4.78, 5) is 26.8. The van der Waals surface area contributed by atoms with Gasteiger partial charge in [-0.2, -0.15) is 0 Å². The van der Waals surface area contributed by atoms with Crippen molar-refractivity contribution >= 4 is 23.6 Å². The molecule has 128 valence electrons. The highest BCUT2D eigenvalue weighted by Crippen LogP contribution is 2.41. The van der Waals surface area contributed by atoms with Crippen LogP contribution in [0.4, 0.5) is 0 Å². The average molecular weight is 338 g/mol. The second-order valence-corrected chi connectivity index (χ2v) is 7.83. The smallest absolute Gasteiger partial charge is 0.242 e. The standard InChI is InChI=1S/C17H26N2O3S/c1-11(2)8-13(16(21)18-9-12(3)4)19-15(20)10-23-17(19)14-6-5-7-22-14/h5-7,11-13,17H,8-10H2,1-4H3,(H,18,21)/t13-,17+/m1/s1. The number of carbonyl (C=O) groups excluding carboxylic acids is 2. The van der Waals surface area contributed by atoms with Gasteiger partial charge in [-0.25, -0.2) is 0 Å². The van der Waals surface area contributed by atoms with E-state index in [9.17, 15) is 9.59 Å². The van der Waals surface area contributed by atoms with E-state index >= 15 is 0 Å². The topological polar surface area (TPSA) is 62.6 Å². The van der Waals surface area contributed by atoms with Crippen LogP contribution in [0, 0.1) is 11.8 Å². The number of nitrogens with one attached hydrogen (secondary N) is 1. The number of hydrogen-bond donors (Lipinski definition) is 1. The lowest BCUT2D eigenvalue weighted by Crippen LogP contribution is -2.49. The van der Waals surface area contributed by atoms with E-state index in [1.165, 1.54) is 11.8 Å². The molecule has 2 atom stereocenters. The fourth-order valence-corrected chi connectivity index (χ4v) is 3.81. The van der Waals surface area contributed by atoms with Crippen LogP contribution in [0.15, 0.2) is 22.8 Å². The van der Waals surface area contributed by atoms with Crippen molar-refractivity contribution in [2.24, 2.45) is 11.8 Å². The molecule has 6 heteroatoms. The van der Waals surface area contributed by atoms with Gasteiger partial charge in [0.2, 0.25) is 11.8 Å². The summed E-state index contributed by atoms with van der Waals surface area (Å²) in [5.74, 6) is 1.74. The number of amides is 2. The largest absolute Gasteiger partial charge is 0.466 e. The maximum Gasteiger partial charge on any atom is 0.242 e. The third kappa shape index (κ3) is 4.53. The fraction of sp³-hybridized carbons (Fsp3) is 0.647. The zero-order valence-corrected chi connectivity index (χ0v) is 15.1. The van der Waals surface area contributed by atoms with Crippen LogP contribution in [0.5, 0.6) is 0 Å². The average Bonchev–Trinajstić information content (AvgIpc) is 3.11. The van der Waals surface area contributed by atoms with Gasteiger partial charge in [-0.05, 0) is 30.4 Å². The fourth-order valence-electron chi connectivity index (χ4n) is 2.64. The Morgan fingerprint density at radius 2 is 2.13 bits per heavy atom. The van der Waals surface area contributed by atoms with E-state index in [1.54, 1.807) is 11.2 Å². The Kier molecular flexibility index (Phi) is 6.16. The first-order chi connectivity index (χ1) is 10.9. The van der Waals surface area contributed by atoms with Gasteiger partial charge in [-0.15, -0.1) is 11.8 Å². The van der Waals surface area contributed by atoms with Crippen LogP contribution in [0.2, 0.25) is 0 Å². The van der Waals surface area contributed by atoms with Crippen LogP contribution >= 0.6 is 11.8 Å². The Balaban J connectivity index is 2.21. The van der Waals surface area contributed by atoms with Crippen molar-refractivity contribution in [3.8, 4) is 0 Å². The molecule has 0 saturated carbocycles. The minimum absolute atomic E-state index is 0.00162. The molecule has 0 bridgehead atoms. The van der Waals surface area contributed by atoms with Crippen molar-refractivity contribution in [2.45, 2.75) is 45.5 Å². The quantitative estimate of drug-likeness (QED) is 0.830. The summed E-state index contributed by atoms with van der Waals surface area (Å²) < 4.78 is 5.48. The molecule has 1 aromatic rings. The van der Waals surface area contributed by atoms with Gasteiger partial charge in [-0.1, -0.05) is 27.7 Å². The number of carbonyl (C=O) groups is 2. The molecule has 23 heavy (non-hydrogen) atoms. The van der Waals surface area contributed by atoms with E-state index in [0.717, 1.165) is 5.76 Å². The molecule has 2 heterocycles. The summed E-state index contributed by atoms with van der Waals surface area (Å²) in [6, 6.07) is 3.22. The van der Waals surface area contributed by atoms with Crippen LogP contribution in [0.1, 0.15) is 45.2 Å². The molecule has 2 rings (SSSR count). The van der Waals surface area contributed by atoms with Gasteiger partial charge in [0.05, 0.1) is 12.0 Å². The molecule has 0 aromatic carbocycles. The molecule has 0 spiro atoms. The summed E-state index contributed by atoms with van der Waals surface area (Å²) in [7, 11) is 0. The predicted molar refractivity (Wildman–Crippen MR) is 91.8 cm³/mol. The van der Waals surface area contributed by atoms with Crippen molar-refractivity contribution in [3.63, 3.8) is 0 Å². The predicted octanol–water partition coefficient (Wildman–Crippen LogP) is 3.04. The van der Waals surface area contributed by atoms with Crippen molar-refractivity contribution in [3.05, 3.63) is 24.2 Å². The number of hydrogen-bond acceptors (Lipinski definition) is 4. The van der Waals surface area contributed by atoms with Crippen molar-refractivity contribution in [2.75, 3.05) is 12.3 Å². The minimum atomic E-state index is -0.452. The maximum atomic E-state index is 12.7. The molecule has 0 unspecified atom stereocenters. The highest BCUT2D eigenvalue weighted by Gasteiger charge is 2.42. The molecule has 0 aliphatic carbocycles. The summed E-state index contributed by atoms with van der Waals surface area (Å²) in [5.41, 5.74) is 0. The first kappa shape index (κ1) is 17.9. The molecule has 1 aromatic heterocycles. The molecule has 5 nitrogen and oxygen atoms in total. The Morgan fingerprint density at radius 3 is 2.70 bits per heavy atom. The first-order valence-electron chi connectivity index (χ1n) is 8.14. The second-order valence-electron chi connectivity index (χ2n) is 6.76. The normalized spacial score (nSPS) is 19.7.